The number of aromatic nitrogens is 4. The maximum Gasteiger partial charge on any atom is 0.175 e. The minimum atomic E-state index is 0.692. The first kappa shape index (κ1) is 13.6. The molecule has 4 rings (SSSR count). The second kappa shape index (κ2) is 5.32. The Morgan fingerprint density at radius 3 is 2.61 bits per heavy atom. The Bertz CT molecular complexity index is 1000. The highest BCUT2D eigenvalue weighted by molar-refractivity contribution is 5.80. The topological polar surface area (TPSA) is 43.1 Å². The van der Waals surface area contributed by atoms with Crippen LogP contribution in [-0.2, 0) is 0 Å². The predicted octanol–water partition coefficient (Wildman–Crippen LogP) is 4.06. The summed E-state index contributed by atoms with van der Waals surface area (Å²) in [6.07, 6.45) is 3.86. The number of hydrogen-bond acceptors (Lipinski definition) is 3. The molecule has 23 heavy (non-hydrogen) atoms. The van der Waals surface area contributed by atoms with Crippen LogP contribution in [0.1, 0.15) is 22.8 Å². The Balaban J connectivity index is 1.72. The maximum absolute atomic E-state index is 4.63. The number of benzene rings is 1. The molecule has 0 aliphatic rings. The first-order valence-electron chi connectivity index (χ1n) is 7.57. The van der Waals surface area contributed by atoms with E-state index in [-0.39, 0.29) is 0 Å². The zero-order chi connectivity index (χ0) is 15.8. The van der Waals surface area contributed by atoms with Crippen LogP contribution in [0.25, 0.3) is 28.7 Å². The van der Waals surface area contributed by atoms with Crippen LogP contribution in [0.5, 0.6) is 0 Å². The average Bonchev–Trinajstić information content (AvgIpc) is 3.02. The van der Waals surface area contributed by atoms with Gasteiger partial charge in [0.15, 0.2) is 11.5 Å². The van der Waals surface area contributed by atoms with Gasteiger partial charge in [-0.25, -0.2) is 14.5 Å². The number of fused-ring (bicyclic) bond motifs is 2. The van der Waals surface area contributed by atoms with E-state index in [1.54, 1.807) is 0 Å². The average molecular weight is 300 g/mol. The van der Waals surface area contributed by atoms with Gasteiger partial charge in [0, 0.05) is 11.1 Å². The van der Waals surface area contributed by atoms with Gasteiger partial charge in [-0.3, -0.25) is 0 Å². The fraction of sp³-hybridized carbons (Fsp3) is 0.105. The van der Waals surface area contributed by atoms with Crippen LogP contribution < -0.4 is 0 Å². The third kappa shape index (κ3) is 2.48. The maximum atomic E-state index is 4.63. The normalized spacial score (nSPS) is 11.7. The molecule has 0 bridgehead atoms. The highest BCUT2D eigenvalue weighted by atomic mass is 15.3. The lowest BCUT2D eigenvalue weighted by molar-refractivity contribution is 0.905. The van der Waals surface area contributed by atoms with Gasteiger partial charge in [-0.05, 0) is 49.8 Å². The number of para-hydroxylation sites is 1. The molecule has 1 aromatic carbocycles. The fourth-order valence-corrected chi connectivity index (χ4v) is 2.63. The van der Waals surface area contributed by atoms with Crippen molar-refractivity contribution >= 4 is 28.7 Å². The van der Waals surface area contributed by atoms with Crippen LogP contribution in [0.3, 0.4) is 0 Å². The predicted molar refractivity (Wildman–Crippen MR) is 93.1 cm³/mol. The number of hydrogen-bond donors (Lipinski definition) is 0. The minimum absolute atomic E-state index is 0.692. The molecular weight excluding hydrogens is 284 g/mol. The third-order valence-electron chi connectivity index (χ3n) is 3.91. The van der Waals surface area contributed by atoms with Gasteiger partial charge in [-0.2, -0.15) is 0 Å². The zero-order valence-electron chi connectivity index (χ0n) is 13.1. The van der Waals surface area contributed by atoms with Crippen LogP contribution in [0.15, 0.2) is 48.5 Å². The van der Waals surface area contributed by atoms with Crippen molar-refractivity contribution in [3.8, 4) is 0 Å². The number of aryl methyl sites for hydroxylation is 2. The summed E-state index contributed by atoms with van der Waals surface area (Å²) < 4.78 is 1.88. The minimum Gasteiger partial charge on any atom is -0.248 e. The molecule has 4 nitrogen and oxygen atoms in total. The van der Waals surface area contributed by atoms with E-state index in [1.165, 1.54) is 0 Å². The summed E-state index contributed by atoms with van der Waals surface area (Å²) in [5.74, 6) is 0.692. The summed E-state index contributed by atoms with van der Waals surface area (Å²) in [6, 6.07) is 16.3. The summed E-state index contributed by atoms with van der Waals surface area (Å²) in [5.41, 5.74) is 4.98. The Morgan fingerprint density at radius 2 is 1.74 bits per heavy atom. The highest BCUT2D eigenvalue weighted by Crippen LogP contribution is 2.15. The monoisotopic (exact) mass is 300 g/mol. The zero-order valence-corrected chi connectivity index (χ0v) is 13.1. The number of nitrogens with zero attached hydrogens (tertiary/aromatic N) is 4. The van der Waals surface area contributed by atoms with Crippen LogP contribution in [0.2, 0.25) is 0 Å². The molecule has 112 valence electrons. The molecule has 0 fully saturated rings. The SMILES string of the molecule is Cc1ccc(C)n2nc(/C=C/c3ccc4ccccc4n3)nc12. The van der Waals surface area contributed by atoms with Crippen LogP contribution in [0.4, 0.5) is 0 Å². The van der Waals surface area contributed by atoms with Crippen molar-refractivity contribution in [2.75, 3.05) is 0 Å². The summed E-state index contributed by atoms with van der Waals surface area (Å²) in [6.45, 7) is 4.07. The second-order valence-corrected chi connectivity index (χ2v) is 5.63. The first-order chi connectivity index (χ1) is 11.2. The van der Waals surface area contributed by atoms with E-state index in [4.69, 9.17) is 0 Å². The summed E-state index contributed by atoms with van der Waals surface area (Å²) in [4.78, 5) is 9.22. The van der Waals surface area contributed by atoms with Gasteiger partial charge in [0.2, 0.25) is 0 Å². The first-order valence-corrected chi connectivity index (χ1v) is 7.57. The third-order valence-corrected chi connectivity index (χ3v) is 3.91. The van der Waals surface area contributed by atoms with E-state index in [2.05, 4.69) is 39.3 Å². The lowest BCUT2D eigenvalue weighted by Gasteiger charge is -1.98. The summed E-state index contributed by atoms with van der Waals surface area (Å²) in [7, 11) is 0. The molecule has 0 spiro atoms. The lowest BCUT2D eigenvalue weighted by Crippen LogP contribution is -1.94. The van der Waals surface area contributed by atoms with Crippen molar-refractivity contribution in [3.63, 3.8) is 0 Å². The standard InChI is InChI=1S/C19H16N4/c1-13-7-8-14(2)23-19(13)21-18(22-23)12-11-16-10-9-15-5-3-4-6-17(15)20-16/h3-12H,1-2H3/b12-11+. The van der Waals surface area contributed by atoms with E-state index < -0.39 is 0 Å². The Kier molecular flexibility index (Phi) is 3.15. The van der Waals surface area contributed by atoms with Crippen molar-refractivity contribution in [2.45, 2.75) is 13.8 Å². The van der Waals surface area contributed by atoms with E-state index in [0.29, 0.717) is 5.82 Å². The number of pyridine rings is 2. The van der Waals surface area contributed by atoms with Crippen LogP contribution in [-0.4, -0.2) is 19.6 Å². The molecular formula is C19H16N4. The molecule has 3 heterocycles. The van der Waals surface area contributed by atoms with Gasteiger partial charge in [0.05, 0.1) is 11.2 Å². The van der Waals surface area contributed by atoms with E-state index in [0.717, 1.165) is 33.5 Å². The molecule has 0 amide bonds. The van der Waals surface area contributed by atoms with E-state index >= 15 is 0 Å². The molecule has 0 aliphatic carbocycles. The molecule has 0 saturated heterocycles. The van der Waals surface area contributed by atoms with Gasteiger partial charge in [-0.1, -0.05) is 30.3 Å². The molecule has 0 radical (unpaired) electrons. The Morgan fingerprint density at radius 1 is 0.870 bits per heavy atom. The Labute approximate surface area is 134 Å². The number of rotatable bonds is 2. The highest BCUT2D eigenvalue weighted by Gasteiger charge is 2.05. The van der Waals surface area contributed by atoms with Gasteiger partial charge in [0.1, 0.15) is 0 Å². The largest absolute Gasteiger partial charge is 0.248 e. The summed E-state index contributed by atoms with van der Waals surface area (Å²) in [5, 5.41) is 5.68. The second-order valence-electron chi connectivity index (χ2n) is 5.63. The van der Waals surface area contributed by atoms with Crippen LogP contribution in [0, 0.1) is 13.8 Å². The van der Waals surface area contributed by atoms with E-state index in [1.807, 2.05) is 54.8 Å². The van der Waals surface area contributed by atoms with Crippen molar-refractivity contribution in [3.05, 3.63) is 71.3 Å². The molecule has 0 N–H and O–H groups in total. The lowest BCUT2D eigenvalue weighted by atomic mass is 10.2. The van der Waals surface area contributed by atoms with Crippen molar-refractivity contribution in [1.29, 1.82) is 0 Å². The molecule has 0 atom stereocenters. The fourth-order valence-electron chi connectivity index (χ4n) is 2.63. The smallest absolute Gasteiger partial charge is 0.175 e. The molecule has 4 heteroatoms. The Hall–Kier alpha value is -3.01. The molecule has 0 saturated carbocycles. The van der Waals surface area contributed by atoms with Crippen molar-refractivity contribution in [1.82, 2.24) is 19.6 Å². The molecule has 3 aromatic heterocycles. The quantitative estimate of drug-likeness (QED) is 0.560. The van der Waals surface area contributed by atoms with Gasteiger partial charge >= 0.3 is 0 Å². The summed E-state index contributed by atoms with van der Waals surface area (Å²) >= 11 is 0. The molecule has 0 unspecified atom stereocenters. The van der Waals surface area contributed by atoms with Gasteiger partial charge in [0.25, 0.3) is 0 Å². The van der Waals surface area contributed by atoms with Crippen molar-refractivity contribution in [2.24, 2.45) is 0 Å². The van der Waals surface area contributed by atoms with E-state index in [9.17, 15) is 0 Å². The van der Waals surface area contributed by atoms with Crippen molar-refractivity contribution < 1.29 is 0 Å². The molecule has 0 aliphatic heterocycles. The van der Waals surface area contributed by atoms with Gasteiger partial charge < -0.3 is 0 Å². The van der Waals surface area contributed by atoms with Crippen LogP contribution >= 0.6 is 0 Å². The molecule has 4 aromatic rings. The van der Waals surface area contributed by atoms with Gasteiger partial charge in [-0.15, -0.1) is 5.10 Å².